The highest BCUT2D eigenvalue weighted by Gasteiger charge is 2.33. The van der Waals surface area contributed by atoms with Crippen molar-refractivity contribution in [1.82, 2.24) is 9.80 Å². The SMILES string of the molecule is CC(C)([CH]C(=O)N1CCN(C(=O)c2ccc(S(C)(=O)=O)s2)CC1)C(N)=O. The van der Waals surface area contributed by atoms with Gasteiger partial charge in [-0.1, -0.05) is 13.8 Å². The number of thiophene rings is 1. The quantitative estimate of drug-likeness (QED) is 0.755. The predicted octanol–water partition coefficient (Wildman–Crippen LogP) is 0.152. The van der Waals surface area contributed by atoms with Crippen LogP contribution in [-0.4, -0.2) is 68.4 Å². The molecule has 1 aliphatic rings. The second-order valence-corrected chi connectivity index (χ2v) is 10.1. The number of carbonyl (C=O) groups is 3. The molecule has 2 N–H and O–H groups in total. The molecular formula is C16H22N3O5S2. The topological polar surface area (TPSA) is 118 Å². The molecule has 1 aromatic heterocycles. The average molecular weight is 401 g/mol. The minimum Gasteiger partial charge on any atom is -0.369 e. The number of hydrogen-bond donors (Lipinski definition) is 1. The van der Waals surface area contributed by atoms with E-state index in [1.165, 1.54) is 18.6 Å². The van der Waals surface area contributed by atoms with Gasteiger partial charge >= 0.3 is 0 Å². The summed E-state index contributed by atoms with van der Waals surface area (Å²) in [6, 6.07) is 2.93. The highest BCUT2D eigenvalue weighted by atomic mass is 32.2. The first kappa shape index (κ1) is 20.4. The van der Waals surface area contributed by atoms with Crippen LogP contribution in [0.5, 0.6) is 0 Å². The smallest absolute Gasteiger partial charge is 0.264 e. The summed E-state index contributed by atoms with van der Waals surface area (Å²) in [5.41, 5.74) is 4.23. The van der Waals surface area contributed by atoms with E-state index in [1.54, 1.807) is 23.6 Å². The van der Waals surface area contributed by atoms with E-state index in [-0.39, 0.29) is 16.0 Å². The van der Waals surface area contributed by atoms with Gasteiger partial charge in [-0.25, -0.2) is 8.42 Å². The van der Waals surface area contributed by atoms with Crippen LogP contribution < -0.4 is 5.73 Å². The molecule has 0 bridgehead atoms. The molecule has 143 valence electrons. The fourth-order valence-corrected chi connectivity index (χ4v) is 4.29. The number of piperazine rings is 1. The summed E-state index contributed by atoms with van der Waals surface area (Å²) in [6.07, 6.45) is 2.39. The lowest BCUT2D eigenvalue weighted by molar-refractivity contribution is -0.134. The minimum absolute atomic E-state index is 0.151. The van der Waals surface area contributed by atoms with Crippen molar-refractivity contribution < 1.29 is 22.8 Å². The number of rotatable bonds is 5. The molecule has 0 atom stereocenters. The van der Waals surface area contributed by atoms with Gasteiger partial charge in [-0.15, -0.1) is 11.3 Å². The van der Waals surface area contributed by atoms with Crippen LogP contribution in [0.3, 0.4) is 0 Å². The Kier molecular flexibility index (Phi) is 5.76. The van der Waals surface area contributed by atoms with Gasteiger partial charge in [0.05, 0.1) is 16.7 Å². The maximum absolute atomic E-state index is 12.5. The number of nitrogens with zero attached hydrogens (tertiary/aromatic N) is 2. The molecular weight excluding hydrogens is 378 g/mol. The highest BCUT2D eigenvalue weighted by Crippen LogP contribution is 2.24. The molecule has 1 aliphatic heterocycles. The van der Waals surface area contributed by atoms with Gasteiger partial charge in [-0.3, -0.25) is 14.4 Å². The fourth-order valence-electron chi connectivity index (χ4n) is 2.39. The predicted molar refractivity (Wildman–Crippen MR) is 97.2 cm³/mol. The normalized spacial score (nSPS) is 15.8. The van der Waals surface area contributed by atoms with Gasteiger partial charge in [0.1, 0.15) is 4.21 Å². The largest absolute Gasteiger partial charge is 0.369 e. The molecule has 1 saturated heterocycles. The van der Waals surface area contributed by atoms with E-state index in [9.17, 15) is 22.8 Å². The molecule has 3 amide bonds. The molecule has 10 heteroatoms. The van der Waals surface area contributed by atoms with Crippen molar-refractivity contribution in [1.29, 1.82) is 0 Å². The third-order valence-corrected chi connectivity index (χ3v) is 7.05. The van der Waals surface area contributed by atoms with Crippen molar-refractivity contribution in [3.05, 3.63) is 23.4 Å². The lowest BCUT2D eigenvalue weighted by Crippen LogP contribution is -2.51. The molecule has 8 nitrogen and oxygen atoms in total. The van der Waals surface area contributed by atoms with Gasteiger partial charge in [0, 0.05) is 32.4 Å². The van der Waals surface area contributed by atoms with Gasteiger partial charge < -0.3 is 15.5 Å². The molecule has 0 saturated carbocycles. The lowest BCUT2D eigenvalue weighted by Gasteiger charge is -2.35. The molecule has 0 unspecified atom stereocenters. The van der Waals surface area contributed by atoms with Gasteiger partial charge in [-0.05, 0) is 12.1 Å². The fraction of sp³-hybridized carbons (Fsp3) is 0.500. The summed E-state index contributed by atoms with van der Waals surface area (Å²) >= 11 is 0.942. The minimum atomic E-state index is -3.34. The summed E-state index contributed by atoms with van der Waals surface area (Å²) < 4.78 is 23.2. The van der Waals surface area contributed by atoms with Crippen molar-refractivity contribution in [3.63, 3.8) is 0 Å². The van der Waals surface area contributed by atoms with Crippen LogP contribution in [0.15, 0.2) is 16.3 Å². The number of nitrogens with two attached hydrogens (primary N) is 1. The molecule has 2 heterocycles. The molecule has 1 fully saturated rings. The third kappa shape index (κ3) is 4.61. The number of amides is 3. The number of carbonyl (C=O) groups excluding carboxylic acids is 3. The third-order valence-electron chi connectivity index (χ3n) is 4.16. The summed E-state index contributed by atoms with van der Waals surface area (Å²) in [4.78, 5) is 39.6. The van der Waals surface area contributed by atoms with E-state index >= 15 is 0 Å². The van der Waals surface area contributed by atoms with Crippen molar-refractivity contribution in [3.8, 4) is 0 Å². The van der Waals surface area contributed by atoms with Gasteiger partial charge in [0.2, 0.25) is 11.8 Å². The van der Waals surface area contributed by atoms with Gasteiger partial charge in [0.25, 0.3) is 5.91 Å². The molecule has 2 rings (SSSR count). The first-order valence-corrected chi connectivity index (χ1v) is 10.7. The van der Waals surface area contributed by atoms with Crippen LogP contribution in [-0.2, 0) is 19.4 Å². The Hall–Kier alpha value is -1.94. The Labute approximate surface area is 156 Å². The Morgan fingerprint density at radius 2 is 1.65 bits per heavy atom. The van der Waals surface area contributed by atoms with E-state index in [0.717, 1.165) is 17.6 Å². The number of hydrogen-bond acceptors (Lipinski definition) is 6. The standard InChI is InChI=1S/C16H22N3O5S2/c1-16(2,15(17)22)10-12(20)18-6-8-19(9-7-18)14(21)11-4-5-13(25-11)26(3,23)24/h4-5,10H,6-9H2,1-3H3,(H2,17,22). The van der Waals surface area contributed by atoms with Gasteiger partial charge in [0.15, 0.2) is 9.84 Å². The van der Waals surface area contributed by atoms with E-state index in [0.29, 0.717) is 31.1 Å². The van der Waals surface area contributed by atoms with E-state index in [2.05, 4.69) is 0 Å². The van der Waals surface area contributed by atoms with Crippen LogP contribution in [0.25, 0.3) is 0 Å². The maximum atomic E-state index is 12.5. The Morgan fingerprint density at radius 1 is 1.12 bits per heavy atom. The highest BCUT2D eigenvalue weighted by molar-refractivity contribution is 7.92. The Balaban J connectivity index is 1.95. The first-order valence-electron chi connectivity index (χ1n) is 7.96. The van der Waals surface area contributed by atoms with Crippen molar-refractivity contribution in [2.75, 3.05) is 32.4 Å². The van der Waals surface area contributed by atoms with Crippen LogP contribution in [0, 0.1) is 11.8 Å². The second kappa shape index (κ2) is 7.36. The average Bonchev–Trinajstić information content (AvgIpc) is 3.04. The Morgan fingerprint density at radius 3 is 2.12 bits per heavy atom. The number of sulfone groups is 1. The van der Waals surface area contributed by atoms with Crippen LogP contribution in [0.2, 0.25) is 0 Å². The molecule has 0 aromatic carbocycles. The zero-order valence-electron chi connectivity index (χ0n) is 14.9. The van der Waals surface area contributed by atoms with Gasteiger partial charge in [-0.2, -0.15) is 0 Å². The molecule has 1 radical (unpaired) electrons. The van der Waals surface area contributed by atoms with Crippen LogP contribution >= 0.6 is 11.3 Å². The second-order valence-electron chi connectivity index (χ2n) is 6.74. The monoisotopic (exact) mass is 400 g/mol. The van der Waals surface area contributed by atoms with Crippen molar-refractivity contribution in [2.24, 2.45) is 11.1 Å². The van der Waals surface area contributed by atoms with Crippen LogP contribution in [0.1, 0.15) is 23.5 Å². The maximum Gasteiger partial charge on any atom is 0.264 e. The molecule has 1 aromatic rings. The van der Waals surface area contributed by atoms with Crippen molar-refractivity contribution in [2.45, 2.75) is 18.1 Å². The molecule has 0 spiro atoms. The summed E-state index contributed by atoms with van der Waals surface area (Å²) in [6.45, 7) is 4.48. The zero-order chi connectivity index (χ0) is 19.7. The first-order chi connectivity index (χ1) is 11.9. The van der Waals surface area contributed by atoms with E-state index in [4.69, 9.17) is 5.73 Å². The van der Waals surface area contributed by atoms with E-state index < -0.39 is 21.2 Å². The molecule has 0 aliphatic carbocycles. The molecule has 26 heavy (non-hydrogen) atoms. The van der Waals surface area contributed by atoms with E-state index in [1.807, 2.05) is 0 Å². The van der Waals surface area contributed by atoms with Crippen LogP contribution in [0.4, 0.5) is 0 Å². The van der Waals surface area contributed by atoms with Crippen molar-refractivity contribution >= 4 is 38.9 Å². The summed E-state index contributed by atoms with van der Waals surface area (Å²) in [5.74, 6) is -1.13. The lowest BCUT2D eigenvalue weighted by atomic mass is 9.88. The summed E-state index contributed by atoms with van der Waals surface area (Å²) in [7, 11) is -3.34. The zero-order valence-corrected chi connectivity index (χ0v) is 16.5. The number of primary amides is 1. The Bertz CT molecular complexity index is 821. The summed E-state index contributed by atoms with van der Waals surface area (Å²) in [5, 5.41) is 0.